The second-order valence-corrected chi connectivity index (χ2v) is 7.67. The van der Waals surface area contributed by atoms with E-state index in [1.165, 1.54) is 0 Å². The van der Waals surface area contributed by atoms with Crippen LogP contribution in [0.15, 0.2) is 126 Å². The van der Waals surface area contributed by atoms with Crippen LogP contribution in [0.4, 0.5) is 17.2 Å². The molecule has 6 aromatic rings. The van der Waals surface area contributed by atoms with Crippen molar-refractivity contribution in [2.45, 2.75) is 0 Å². The first-order chi connectivity index (χ1) is 16.3. The molecule has 3 heterocycles. The van der Waals surface area contributed by atoms with Crippen molar-refractivity contribution in [3.63, 3.8) is 0 Å². The highest BCUT2D eigenvalue weighted by atomic mass is 16.3. The molecule has 0 saturated carbocycles. The molecule has 5 nitrogen and oxygen atoms in total. The van der Waals surface area contributed by atoms with E-state index in [4.69, 9.17) is 9.40 Å². The van der Waals surface area contributed by atoms with Crippen LogP contribution in [0, 0.1) is 0 Å². The quantitative estimate of drug-likeness (QED) is 0.292. The summed E-state index contributed by atoms with van der Waals surface area (Å²) in [4.78, 5) is 7.13. The van der Waals surface area contributed by atoms with Crippen LogP contribution >= 0.6 is 0 Å². The summed E-state index contributed by atoms with van der Waals surface area (Å²) in [5.74, 6) is 1.55. The Morgan fingerprint density at radius 3 is 2.36 bits per heavy atom. The van der Waals surface area contributed by atoms with E-state index in [9.17, 15) is 0 Å². The standard InChI is InChI=1S/C28H20N4O/c1-2-10-22(11-3-1)32(24-13-6-12-23(20-24)31-18-8-17-29-31)28-16-7-14-25(30-28)27-19-21-9-4-5-15-26(21)33-27/h1-20H. The number of benzene rings is 3. The van der Waals surface area contributed by atoms with Gasteiger partial charge in [-0.1, -0.05) is 48.5 Å². The third-order valence-electron chi connectivity index (χ3n) is 5.51. The average molecular weight is 428 g/mol. The van der Waals surface area contributed by atoms with Crippen molar-refractivity contribution in [2.24, 2.45) is 0 Å². The summed E-state index contributed by atoms with van der Waals surface area (Å²) >= 11 is 0. The Morgan fingerprint density at radius 1 is 0.697 bits per heavy atom. The molecule has 0 bridgehead atoms. The first-order valence-electron chi connectivity index (χ1n) is 10.8. The number of hydrogen-bond acceptors (Lipinski definition) is 4. The summed E-state index contributed by atoms with van der Waals surface area (Å²) in [6, 6.07) is 36.4. The number of hydrogen-bond donors (Lipinski definition) is 0. The molecule has 5 heteroatoms. The summed E-state index contributed by atoms with van der Waals surface area (Å²) in [5.41, 5.74) is 4.62. The number of para-hydroxylation sites is 2. The van der Waals surface area contributed by atoms with Gasteiger partial charge in [0.1, 0.15) is 17.1 Å². The minimum atomic E-state index is 0.747. The van der Waals surface area contributed by atoms with Crippen molar-refractivity contribution < 1.29 is 4.42 Å². The van der Waals surface area contributed by atoms with Crippen LogP contribution in [0.5, 0.6) is 0 Å². The van der Waals surface area contributed by atoms with Crippen LogP contribution in [0.3, 0.4) is 0 Å². The molecule has 0 atom stereocenters. The van der Waals surface area contributed by atoms with E-state index in [2.05, 4.69) is 34.3 Å². The third kappa shape index (κ3) is 3.66. The van der Waals surface area contributed by atoms with Gasteiger partial charge in [0.15, 0.2) is 5.76 Å². The SMILES string of the molecule is c1ccc(N(c2cccc(-n3cccn3)c2)c2cccc(-c3cc4ccccc4o3)n2)cc1. The van der Waals surface area contributed by atoms with Gasteiger partial charge in [0, 0.05) is 29.2 Å². The van der Waals surface area contributed by atoms with Crippen LogP contribution in [-0.2, 0) is 0 Å². The molecule has 0 N–H and O–H groups in total. The summed E-state index contributed by atoms with van der Waals surface area (Å²) in [5, 5.41) is 5.44. The van der Waals surface area contributed by atoms with Gasteiger partial charge in [0.25, 0.3) is 0 Å². The smallest absolute Gasteiger partial charge is 0.153 e. The molecule has 0 saturated heterocycles. The fourth-order valence-corrected chi connectivity index (χ4v) is 3.98. The van der Waals surface area contributed by atoms with Crippen molar-refractivity contribution in [2.75, 3.05) is 4.90 Å². The predicted octanol–water partition coefficient (Wildman–Crippen LogP) is 7.15. The van der Waals surface area contributed by atoms with Crippen molar-refractivity contribution in [1.82, 2.24) is 14.8 Å². The van der Waals surface area contributed by atoms with Gasteiger partial charge < -0.3 is 4.42 Å². The molecular formula is C28H20N4O. The van der Waals surface area contributed by atoms with Crippen LogP contribution in [-0.4, -0.2) is 14.8 Å². The Bertz CT molecular complexity index is 1490. The lowest BCUT2D eigenvalue weighted by Gasteiger charge is -2.25. The molecule has 0 aliphatic heterocycles. The number of aromatic nitrogens is 3. The third-order valence-corrected chi connectivity index (χ3v) is 5.51. The van der Waals surface area contributed by atoms with Gasteiger partial charge in [-0.3, -0.25) is 4.90 Å². The van der Waals surface area contributed by atoms with E-state index in [0.717, 1.165) is 45.3 Å². The first-order valence-corrected chi connectivity index (χ1v) is 10.8. The fraction of sp³-hybridized carbons (Fsp3) is 0. The van der Waals surface area contributed by atoms with Gasteiger partial charge in [-0.05, 0) is 60.7 Å². The molecular weight excluding hydrogens is 408 g/mol. The minimum absolute atomic E-state index is 0.747. The van der Waals surface area contributed by atoms with Crippen molar-refractivity contribution >= 4 is 28.2 Å². The van der Waals surface area contributed by atoms with Gasteiger partial charge in [-0.25, -0.2) is 9.67 Å². The lowest BCUT2D eigenvalue weighted by Crippen LogP contribution is -2.12. The van der Waals surface area contributed by atoms with Gasteiger partial charge in [-0.15, -0.1) is 0 Å². The van der Waals surface area contributed by atoms with E-state index in [-0.39, 0.29) is 0 Å². The van der Waals surface area contributed by atoms with E-state index in [1.807, 2.05) is 95.8 Å². The zero-order valence-corrected chi connectivity index (χ0v) is 17.7. The maximum atomic E-state index is 6.08. The molecule has 0 fully saturated rings. The monoisotopic (exact) mass is 428 g/mol. The maximum Gasteiger partial charge on any atom is 0.153 e. The summed E-state index contributed by atoms with van der Waals surface area (Å²) < 4.78 is 7.93. The Labute approximate surface area is 191 Å². The van der Waals surface area contributed by atoms with Gasteiger partial charge >= 0.3 is 0 Å². The summed E-state index contributed by atoms with van der Waals surface area (Å²) in [7, 11) is 0. The van der Waals surface area contributed by atoms with Crippen molar-refractivity contribution in [3.05, 3.63) is 122 Å². The Kier molecular flexibility index (Phi) is 4.70. The van der Waals surface area contributed by atoms with Gasteiger partial charge in [0.05, 0.1) is 5.69 Å². The van der Waals surface area contributed by atoms with E-state index >= 15 is 0 Å². The Hall–Kier alpha value is -4.64. The number of nitrogens with zero attached hydrogens (tertiary/aromatic N) is 4. The van der Waals surface area contributed by atoms with Crippen LogP contribution in [0.25, 0.3) is 28.1 Å². The molecule has 3 aromatic heterocycles. The highest BCUT2D eigenvalue weighted by Gasteiger charge is 2.16. The fourth-order valence-electron chi connectivity index (χ4n) is 3.98. The zero-order chi connectivity index (χ0) is 22.0. The van der Waals surface area contributed by atoms with E-state index in [0.29, 0.717) is 0 Å². The molecule has 0 spiro atoms. The lowest BCUT2D eigenvalue weighted by atomic mass is 10.2. The highest BCUT2D eigenvalue weighted by Crippen LogP contribution is 2.35. The van der Waals surface area contributed by atoms with Crippen LogP contribution in [0.1, 0.15) is 0 Å². The first kappa shape index (κ1) is 19.1. The zero-order valence-electron chi connectivity index (χ0n) is 17.7. The van der Waals surface area contributed by atoms with Crippen molar-refractivity contribution in [1.29, 1.82) is 0 Å². The largest absolute Gasteiger partial charge is 0.454 e. The Morgan fingerprint density at radius 2 is 1.52 bits per heavy atom. The molecule has 0 radical (unpaired) electrons. The normalized spacial score (nSPS) is 11.0. The highest BCUT2D eigenvalue weighted by molar-refractivity contribution is 5.83. The second-order valence-electron chi connectivity index (χ2n) is 7.67. The number of fused-ring (bicyclic) bond motifs is 1. The summed E-state index contributed by atoms with van der Waals surface area (Å²) in [6.07, 6.45) is 3.71. The van der Waals surface area contributed by atoms with E-state index < -0.39 is 0 Å². The molecule has 158 valence electrons. The molecule has 33 heavy (non-hydrogen) atoms. The molecule has 0 aliphatic carbocycles. The topological polar surface area (TPSA) is 47.1 Å². The van der Waals surface area contributed by atoms with Crippen LogP contribution < -0.4 is 4.90 Å². The lowest BCUT2D eigenvalue weighted by molar-refractivity contribution is 0.629. The van der Waals surface area contributed by atoms with Gasteiger partial charge in [-0.2, -0.15) is 5.10 Å². The second kappa shape index (κ2) is 8.13. The predicted molar refractivity (Wildman–Crippen MR) is 131 cm³/mol. The minimum Gasteiger partial charge on any atom is -0.454 e. The molecule has 6 rings (SSSR count). The molecule has 0 amide bonds. The molecule has 3 aromatic carbocycles. The Balaban J connectivity index is 1.48. The average Bonchev–Trinajstić information content (AvgIpc) is 3.56. The maximum absolute atomic E-state index is 6.08. The molecule has 0 aliphatic rings. The number of furan rings is 1. The number of pyridine rings is 1. The van der Waals surface area contributed by atoms with Crippen molar-refractivity contribution in [3.8, 4) is 17.1 Å². The van der Waals surface area contributed by atoms with Gasteiger partial charge in [0.2, 0.25) is 0 Å². The molecule has 0 unspecified atom stereocenters. The van der Waals surface area contributed by atoms with Crippen LogP contribution in [0.2, 0.25) is 0 Å². The van der Waals surface area contributed by atoms with E-state index in [1.54, 1.807) is 6.20 Å². The number of rotatable bonds is 5. The summed E-state index contributed by atoms with van der Waals surface area (Å²) in [6.45, 7) is 0. The number of anilines is 3.